The van der Waals surface area contributed by atoms with Crippen LogP contribution in [0.25, 0.3) is 0 Å². The summed E-state index contributed by atoms with van der Waals surface area (Å²) in [5.41, 5.74) is -11.3. The Morgan fingerprint density at radius 1 is 0.661 bits per heavy atom. The Hall–Kier alpha value is -2.78. The van der Waals surface area contributed by atoms with E-state index in [-0.39, 0.29) is 36.7 Å². The third-order valence-corrected chi connectivity index (χ3v) is 17.2. The third-order valence-electron chi connectivity index (χ3n) is 17.2. The highest BCUT2D eigenvalue weighted by Crippen LogP contribution is 2.72. The number of hydrogen-bond acceptors (Lipinski definition) is 11. The summed E-state index contributed by atoms with van der Waals surface area (Å²) < 4.78 is 33.6. The number of fused-ring (bicyclic) bond motifs is 10. The van der Waals surface area contributed by atoms with Gasteiger partial charge in [-0.05, 0) is 107 Å². The van der Waals surface area contributed by atoms with Crippen LogP contribution in [0.2, 0.25) is 0 Å². The van der Waals surface area contributed by atoms with E-state index in [1.807, 2.05) is 0 Å². The molecular formula is C43H56F2O11. The van der Waals surface area contributed by atoms with Crippen LogP contribution in [-0.2, 0) is 19.2 Å². The van der Waals surface area contributed by atoms with Gasteiger partial charge >= 0.3 is 0 Å². The number of aliphatic hydroxyl groups is 7. The molecule has 0 aromatic heterocycles. The Bertz CT molecular complexity index is 1740. The number of rotatable bonds is 4. The Morgan fingerprint density at radius 2 is 1.05 bits per heavy atom. The lowest BCUT2D eigenvalue weighted by molar-refractivity contribution is -0.222. The maximum absolute atomic E-state index is 16.9. The molecule has 0 aliphatic heterocycles. The summed E-state index contributed by atoms with van der Waals surface area (Å²) in [4.78, 5) is 48.6. The van der Waals surface area contributed by atoms with Crippen molar-refractivity contribution in [2.24, 2.45) is 51.2 Å². The molecule has 56 heavy (non-hydrogen) atoms. The van der Waals surface area contributed by atoms with E-state index in [0.29, 0.717) is 43.3 Å². The van der Waals surface area contributed by atoms with Crippen molar-refractivity contribution in [2.45, 2.75) is 127 Å². The van der Waals surface area contributed by atoms with Gasteiger partial charge in [0.15, 0.2) is 40.1 Å². The number of aliphatic hydroxyl groups excluding tert-OH is 5. The second-order valence-corrected chi connectivity index (χ2v) is 19.1. The fraction of sp³-hybridized carbons (Fsp3) is 0.721. The van der Waals surface area contributed by atoms with Crippen LogP contribution < -0.4 is 0 Å². The van der Waals surface area contributed by atoms with E-state index in [4.69, 9.17) is 0 Å². The van der Waals surface area contributed by atoms with Gasteiger partial charge in [0.25, 0.3) is 0 Å². The average molecular weight is 787 g/mol. The van der Waals surface area contributed by atoms with Crippen LogP contribution in [0.3, 0.4) is 0 Å². The van der Waals surface area contributed by atoms with Gasteiger partial charge in [0.05, 0.1) is 18.3 Å². The number of ketones is 4. The van der Waals surface area contributed by atoms with E-state index in [0.717, 1.165) is 0 Å². The van der Waals surface area contributed by atoms with Crippen molar-refractivity contribution < 1.29 is 63.7 Å². The SMILES string of the molecule is C[C@@H]1C[C@H]2[C@@H]3CCC4=CC(=O)C=C[C@]4(C)[C@@]3(F)[C@@H](O)C[C@]2(C)[C@@]1(O)C(=O)CO.C[C@]12C=CC(=O)C=C1CC[C@H]1[C@@H]3C[C@@H](O)[C@](O)(C(=O)CO)[C@@]3(C)C[C@H](O)[C@@]12F. The zero-order chi connectivity index (χ0) is 41.4. The number of halogens is 2. The Morgan fingerprint density at radius 3 is 1.48 bits per heavy atom. The van der Waals surface area contributed by atoms with E-state index in [9.17, 15) is 54.9 Å². The molecule has 13 heteroatoms. The lowest BCUT2D eigenvalue weighted by Crippen LogP contribution is -2.69. The fourth-order valence-electron chi connectivity index (χ4n) is 14.1. The monoisotopic (exact) mass is 786 g/mol. The first kappa shape index (κ1) is 41.4. The molecular weight excluding hydrogens is 730 g/mol. The van der Waals surface area contributed by atoms with Gasteiger partial charge in [-0.2, -0.15) is 0 Å². The molecule has 0 radical (unpaired) electrons. The van der Waals surface area contributed by atoms with Crippen LogP contribution in [-0.4, -0.2) is 113 Å². The summed E-state index contributed by atoms with van der Waals surface area (Å²) in [5.74, 6) is -4.50. The molecule has 0 saturated heterocycles. The van der Waals surface area contributed by atoms with Gasteiger partial charge < -0.3 is 35.7 Å². The minimum Gasteiger partial charge on any atom is -0.390 e. The van der Waals surface area contributed by atoms with Crippen molar-refractivity contribution in [1.29, 1.82) is 0 Å². The molecule has 8 rings (SSSR count). The summed E-state index contributed by atoms with van der Waals surface area (Å²) in [6.45, 7) is 6.81. The summed E-state index contributed by atoms with van der Waals surface area (Å²) >= 11 is 0. The molecule has 16 atom stereocenters. The van der Waals surface area contributed by atoms with Crippen molar-refractivity contribution in [3.05, 3.63) is 47.6 Å². The fourth-order valence-corrected chi connectivity index (χ4v) is 14.1. The quantitative estimate of drug-likeness (QED) is 0.220. The summed E-state index contributed by atoms with van der Waals surface area (Å²) in [5, 5.41) is 74.1. The van der Waals surface area contributed by atoms with E-state index in [1.165, 1.54) is 30.4 Å². The predicted molar refractivity (Wildman–Crippen MR) is 197 cm³/mol. The van der Waals surface area contributed by atoms with Crippen molar-refractivity contribution in [1.82, 2.24) is 0 Å². The van der Waals surface area contributed by atoms with Gasteiger partial charge in [0.2, 0.25) is 0 Å². The Labute approximate surface area is 325 Å². The molecule has 0 heterocycles. The van der Waals surface area contributed by atoms with Crippen molar-refractivity contribution in [3.63, 3.8) is 0 Å². The highest BCUT2D eigenvalue weighted by atomic mass is 19.1. The molecule has 7 N–H and O–H groups in total. The molecule has 6 fully saturated rings. The number of Topliss-reactive ketones (excluding diaryl/α,β-unsaturated/α-hetero) is 2. The molecule has 6 saturated carbocycles. The zero-order valence-corrected chi connectivity index (χ0v) is 32.7. The maximum Gasteiger partial charge on any atom is 0.192 e. The molecule has 0 bridgehead atoms. The van der Waals surface area contributed by atoms with E-state index in [1.54, 1.807) is 40.7 Å². The van der Waals surface area contributed by atoms with Gasteiger partial charge in [-0.1, -0.05) is 44.1 Å². The molecule has 8 aliphatic carbocycles. The van der Waals surface area contributed by atoms with E-state index < -0.39 is 111 Å². The van der Waals surface area contributed by atoms with Crippen molar-refractivity contribution >= 4 is 23.1 Å². The molecule has 0 aromatic carbocycles. The normalized spacial score (nSPS) is 52.5. The largest absolute Gasteiger partial charge is 0.390 e. The van der Waals surface area contributed by atoms with Gasteiger partial charge in [-0.15, -0.1) is 0 Å². The number of alkyl halides is 2. The van der Waals surface area contributed by atoms with Gasteiger partial charge in [0, 0.05) is 33.5 Å². The molecule has 8 aliphatic rings. The van der Waals surface area contributed by atoms with Crippen LogP contribution >= 0.6 is 0 Å². The minimum absolute atomic E-state index is 0.0135. The topological polar surface area (TPSA) is 210 Å². The van der Waals surface area contributed by atoms with Crippen molar-refractivity contribution in [3.8, 4) is 0 Å². The molecule has 11 nitrogen and oxygen atoms in total. The first-order valence-corrected chi connectivity index (χ1v) is 20.0. The molecule has 308 valence electrons. The first-order valence-electron chi connectivity index (χ1n) is 20.0. The molecule has 0 amide bonds. The number of allylic oxidation sites excluding steroid dienone is 8. The number of carbonyl (C=O) groups is 4. The lowest BCUT2D eigenvalue weighted by Gasteiger charge is -2.62. The van der Waals surface area contributed by atoms with E-state index >= 15 is 8.78 Å². The summed E-state index contributed by atoms with van der Waals surface area (Å²) in [6, 6.07) is 0. The predicted octanol–water partition coefficient (Wildman–Crippen LogP) is 2.52. The highest BCUT2D eigenvalue weighted by Gasteiger charge is 2.77. The lowest BCUT2D eigenvalue weighted by atomic mass is 9.44. The minimum atomic E-state index is -2.23. The second-order valence-electron chi connectivity index (χ2n) is 19.1. The van der Waals surface area contributed by atoms with Crippen LogP contribution in [0, 0.1) is 51.2 Å². The van der Waals surface area contributed by atoms with Gasteiger partial charge in [-0.25, -0.2) is 8.78 Å². The molecule has 0 unspecified atom stereocenters. The highest BCUT2D eigenvalue weighted by molar-refractivity contribution is 6.02. The van der Waals surface area contributed by atoms with Gasteiger partial charge in [0.1, 0.15) is 18.8 Å². The van der Waals surface area contributed by atoms with Crippen LogP contribution in [0.15, 0.2) is 47.6 Å². The van der Waals surface area contributed by atoms with Crippen molar-refractivity contribution in [2.75, 3.05) is 13.2 Å². The summed E-state index contributed by atoms with van der Waals surface area (Å²) in [6.07, 6.45) is 6.37. The average Bonchev–Trinajstić information content (AvgIpc) is 3.48. The maximum atomic E-state index is 16.9. The zero-order valence-electron chi connectivity index (χ0n) is 32.7. The van der Waals surface area contributed by atoms with Gasteiger partial charge in [-0.3, -0.25) is 19.2 Å². The Balaban J connectivity index is 0.000000172. The summed E-state index contributed by atoms with van der Waals surface area (Å²) in [7, 11) is 0. The molecule has 0 aromatic rings. The standard InChI is InChI=1S/C22H29FO5.C21H27FO6/c1-12-8-16-15-5-4-13-9-14(25)6-7-19(13,2)21(15,23)17(26)10-20(16,3)22(12,28)18(27)11-24;1-18-6-5-12(24)7-11(18)3-4-13-14-8-15(25)21(28,17(27)10-23)19(14,2)9-16(26)20(13,18)22/h6-7,9,12,15-17,24,26,28H,4-5,8,10-11H2,1-3H3;5-7,13-16,23,25-26,28H,3-4,8-10H2,1-2H3/t12-,15+,16+,17+,19+,20+,21+,22+;13-,14-,15+,16-,18-,19-,20-,21-/m10/s1. The van der Waals surface area contributed by atoms with Crippen LogP contribution in [0.4, 0.5) is 8.78 Å². The van der Waals surface area contributed by atoms with Crippen LogP contribution in [0.5, 0.6) is 0 Å². The molecule has 0 spiro atoms. The second kappa shape index (κ2) is 12.9. The number of hydrogen-bond donors (Lipinski definition) is 7. The van der Waals surface area contributed by atoms with E-state index in [2.05, 4.69) is 0 Å². The Kier molecular flexibility index (Phi) is 9.50. The number of carbonyl (C=O) groups excluding carboxylic acids is 4. The van der Waals surface area contributed by atoms with Crippen LogP contribution in [0.1, 0.15) is 86.0 Å². The smallest absolute Gasteiger partial charge is 0.192 e. The first-order chi connectivity index (χ1) is 25.9. The third kappa shape index (κ3) is 4.73.